The number of nitrogens with zero attached hydrogens (tertiary/aromatic N) is 4. The highest BCUT2D eigenvalue weighted by molar-refractivity contribution is 7.88. The van der Waals surface area contributed by atoms with Crippen LogP contribution < -0.4 is 0 Å². The van der Waals surface area contributed by atoms with Crippen molar-refractivity contribution in [2.75, 3.05) is 72.8 Å². The van der Waals surface area contributed by atoms with Gasteiger partial charge in [0.25, 0.3) is 0 Å². The van der Waals surface area contributed by atoms with Gasteiger partial charge in [-0.05, 0) is 34.0 Å². The highest BCUT2D eigenvalue weighted by atomic mass is 32.2. The molecule has 0 saturated carbocycles. The molecule has 26 heavy (non-hydrogen) atoms. The molecule has 0 N–H and O–H groups in total. The summed E-state index contributed by atoms with van der Waals surface area (Å²) >= 11 is 0. The molecule has 0 atom stereocenters. The molecule has 0 aromatic rings. The van der Waals surface area contributed by atoms with Gasteiger partial charge in [-0.3, -0.25) is 4.79 Å². The van der Waals surface area contributed by atoms with Crippen LogP contribution in [0.15, 0.2) is 0 Å². The van der Waals surface area contributed by atoms with Crippen molar-refractivity contribution >= 4 is 22.0 Å². The van der Waals surface area contributed by atoms with E-state index in [4.69, 9.17) is 4.74 Å². The first-order chi connectivity index (χ1) is 12.1. The van der Waals surface area contributed by atoms with Crippen LogP contribution in [-0.2, 0) is 19.6 Å². The minimum Gasteiger partial charge on any atom is -0.450 e. The van der Waals surface area contributed by atoms with Crippen LogP contribution in [0.3, 0.4) is 0 Å². The fourth-order valence-electron chi connectivity index (χ4n) is 2.74. The van der Waals surface area contributed by atoms with Gasteiger partial charge < -0.3 is 19.4 Å². The average molecular weight is 393 g/mol. The Labute approximate surface area is 156 Å². The summed E-state index contributed by atoms with van der Waals surface area (Å²) in [5.74, 6) is -0.0882. The molecule has 1 aliphatic rings. The van der Waals surface area contributed by atoms with E-state index < -0.39 is 10.0 Å². The molecule has 0 bridgehead atoms. The predicted octanol–water partition coefficient (Wildman–Crippen LogP) is -0.109. The summed E-state index contributed by atoms with van der Waals surface area (Å²) in [5.41, 5.74) is 0. The molecule has 0 unspecified atom stereocenters. The number of rotatable bonds is 9. The Morgan fingerprint density at radius 1 is 1.00 bits per heavy atom. The number of ether oxygens (including phenoxy) is 1. The Kier molecular flexibility index (Phi) is 9.31. The molecule has 1 rings (SSSR count). The average Bonchev–Trinajstić information content (AvgIpc) is 2.56. The van der Waals surface area contributed by atoms with Gasteiger partial charge in [-0.25, -0.2) is 17.5 Å². The Morgan fingerprint density at radius 3 is 2.08 bits per heavy atom. The zero-order valence-electron chi connectivity index (χ0n) is 16.3. The lowest BCUT2D eigenvalue weighted by Crippen LogP contribution is -2.51. The Hall–Kier alpha value is -1.39. The Bertz CT molecular complexity index is 559. The number of hydrogen-bond donors (Lipinski definition) is 0. The van der Waals surface area contributed by atoms with E-state index in [0.717, 1.165) is 6.54 Å². The minimum atomic E-state index is -3.34. The minimum absolute atomic E-state index is 0.0882. The SMILES string of the molecule is CCOC(=O)N1CCN(C(=O)CCN(CCCN(C)C)S(C)(=O)=O)CC1. The van der Waals surface area contributed by atoms with E-state index in [9.17, 15) is 18.0 Å². The molecule has 0 radical (unpaired) electrons. The standard InChI is InChI=1S/C16H32N4O5S/c1-5-25-16(22)19-13-11-18(12-14-19)15(21)7-10-20(26(4,23)24)9-6-8-17(2)3/h5-14H2,1-4H3. The third-order valence-corrected chi connectivity index (χ3v) is 5.52. The van der Waals surface area contributed by atoms with Gasteiger partial charge in [-0.1, -0.05) is 0 Å². The molecule has 9 nitrogen and oxygen atoms in total. The van der Waals surface area contributed by atoms with Gasteiger partial charge in [0, 0.05) is 45.7 Å². The van der Waals surface area contributed by atoms with Crippen molar-refractivity contribution in [3.8, 4) is 0 Å². The van der Waals surface area contributed by atoms with Crippen LogP contribution in [0.1, 0.15) is 19.8 Å². The first-order valence-electron chi connectivity index (χ1n) is 8.94. The summed E-state index contributed by atoms with van der Waals surface area (Å²) in [6.07, 6.45) is 1.68. The summed E-state index contributed by atoms with van der Waals surface area (Å²) in [7, 11) is 0.529. The largest absolute Gasteiger partial charge is 0.450 e. The maximum Gasteiger partial charge on any atom is 0.409 e. The van der Waals surface area contributed by atoms with Crippen LogP contribution in [0.5, 0.6) is 0 Å². The lowest BCUT2D eigenvalue weighted by atomic mass is 10.3. The topological polar surface area (TPSA) is 90.5 Å². The van der Waals surface area contributed by atoms with Crippen LogP contribution in [-0.4, -0.2) is 112 Å². The molecule has 1 heterocycles. The Morgan fingerprint density at radius 2 is 1.58 bits per heavy atom. The van der Waals surface area contributed by atoms with Crippen molar-refractivity contribution in [3.05, 3.63) is 0 Å². The lowest BCUT2D eigenvalue weighted by molar-refractivity contribution is -0.132. The third-order valence-electron chi connectivity index (χ3n) is 4.22. The molecule has 1 saturated heterocycles. The van der Waals surface area contributed by atoms with E-state index in [0.29, 0.717) is 45.8 Å². The zero-order chi connectivity index (χ0) is 19.7. The molecule has 0 aliphatic carbocycles. The zero-order valence-corrected chi connectivity index (χ0v) is 17.1. The molecule has 0 aromatic carbocycles. The van der Waals surface area contributed by atoms with Crippen molar-refractivity contribution in [3.63, 3.8) is 0 Å². The monoisotopic (exact) mass is 392 g/mol. The maximum absolute atomic E-state index is 12.4. The molecule has 10 heteroatoms. The normalized spacial score (nSPS) is 15.6. The van der Waals surface area contributed by atoms with E-state index in [1.54, 1.807) is 16.7 Å². The van der Waals surface area contributed by atoms with Gasteiger partial charge in [-0.15, -0.1) is 0 Å². The van der Waals surface area contributed by atoms with Crippen molar-refractivity contribution in [2.45, 2.75) is 19.8 Å². The first-order valence-corrected chi connectivity index (χ1v) is 10.8. The van der Waals surface area contributed by atoms with Gasteiger partial charge in [0.1, 0.15) is 0 Å². The summed E-state index contributed by atoms with van der Waals surface area (Å²) in [4.78, 5) is 29.3. The first kappa shape index (κ1) is 22.7. The van der Waals surface area contributed by atoms with Crippen LogP contribution >= 0.6 is 0 Å². The quantitative estimate of drug-likeness (QED) is 0.544. The van der Waals surface area contributed by atoms with Crippen LogP contribution in [0.4, 0.5) is 4.79 Å². The van der Waals surface area contributed by atoms with Crippen molar-refractivity contribution in [1.82, 2.24) is 19.0 Å². The molecular weight excluding hydrogens is 360 g/mol. The van der Waals surface area contributed by atoms with E-state index in [-0.39, 0.29) is 25.0 Å². The molecule has 1 fully saturated rings. The molecule has 1 aliphatic heterocycles. The van der Waals surface area contributed by atoms with Gasteiger partial charge in [0.2, 0.25) is 15.9 Å². The van der Waals surface area contributed by atoms with Crippen LogP contribution in [0.2, 0.25) is 0 Å². The van der Waals surface area contributed by atoms with Crippen LogP contribution in [0.25, 0.3) is 0 Å². The van der Waals surface area contributed by atoms with Crippen molar-refractivity contribution < 1.29 is 22.7 Å². The smallest absolute Gasteiger partial charge is 0.409 e. The fraction of sp³-hybridized carbons (Fsp3) is 0.875. The maximum atomic E-state index is 12.4. The summed E-state index contributed by atoms with van der Waals surface area (Å²) in [6, 6.07) is 0. The van der Waals surface area contributed by atoms with E-state index in [2.05, 4.69) is 0 Å². The second kappa shape index (κ2) is 10.7. The predicted molar refractivity (Wildman–Crippen MR) is 99.4 cm³/mol. The molecule has 2 amide bonds. The second-order valence-electron chi connectivity index (χ2n) is 6.64. The van der Waals surface area contributed by atoms with Crippen molar-refractivity contribution in [1.29, 1.82) is 0 Å². The summed E-state index contributed by atoms with van der Waals surface area (Å²) in [6.45, 7) is 5.21. The lowest BCUT2D eigenvalue weighted by Gasteiger charge is -2.34. The van der Waals surface area contributed by atoms with Crippen LogP contribution in [0, 0.1) is 0 Å². The number of carbonyl (C=O) groups is 2. The highest BCUT2D eigenvalue weighted by Crippen LogP contribution is 2.08. The fourth-order valence-corrected chi connectivity index (χ4v) is 3.62. The highest BCUT2D eigenvalue weighted by Gasteiger charge is 2.26. The number of hydrogen-bond acceptors (Lipinski definition) is 6. The molecular formula is C16H32N4O5S. The van der Waals surface area contributed by atoms with Gasteiger partial charge in [0.15, 0.2) is 0 Å². The number of amides is 2. The van der Waals surface area contributed by atoms with E-state index in [1.807, 2.05) is 19.0 Å². The summed E-state index contributed by atoms with van der Waals surface area (Å²) < 4.78 is 30.1. The summed E-state index contributed by atoms with van der Waals surface area (Å²) in [5, 5.41) is 0. The number of piperazine rings is 1. The second-order valence-corrected chi connectivity index (χ2v) is 8.62. The van der Waals surface area contributed by atoms with E-state index >= 15 is 0 Å². The van der Waals surface area contributed by atoms with E-state index in [1.165, 1.54) is 10.6 Å². The Balaban J connectivity index is 2.44. The van der Waals surface area contributed by atoms with Gasteiger partial charge >= 0.3 is 6.09 Å². The third kappa shape index (κ3) is 7.88. The molecule has 0 aromatic heterocycles. The van der Waals surface area contributed by atoms with Gasteiger partial charge in [-0.2, -0.15) is 0 Å². The van der Waals surface area contributed by atoms with Crippen molar-refractivity contribution in [2.24, 2.45) is 0 Å². The number of carbonyl (C=O) groups excluding carboxylic acids is 2. The molecule has 152 valence electrons. The molecule has 0 spiro atoms. The van der Waals surface area contributed by atoms with Gasteiger partial charge in [0.05, 0.1) is 12.9 Å². The number of sulfonamides is 1.